The average molecular weight is 245 g/mol. The normalized spacial score (nSPS) is 12.4. The van der Waals surface area contributed by atoms with E-state index in [2.05, 4.69) is 15.3 Å². The molecule has 0 aliphatic heterocycles. The van der Waals surface area contributed by atoms with Crippen molar-refractivity contribution in [2.24, 2.45) is 0 Å². The van der Waals surface area contributed by atoms with Crippen LogP contribution >= 0.6 is 0 Å². The third-order valence-corrected chi connectivity index (χ3v) is 3.44. The van der Waals surface area contributed by atoms with Crippen LogP contribution in [0.3, 0.4) is 0 Å². The number of hydrogen-bond acceptors (Lipinski definition) is 4. The van der Waals surface area contributed by atoms with Gasteiger partial charge >= 0.3 is 0 Å². The molecule has 0 aromatic carbocycles. The molecule has 1 atom stereocenters. The van der Waals surface area contributed by atoms with Crippen LogP contribution in [0.1, 0.15) is 19.5 Å². The van der Waals surface area contributed by atoms with Crippen LogP contribution in [0, 0.1) is 5.82 Å². The van der Waals surface area contributed by atoms with Crippen molar-refractivity contribution < 1.29 is 8.60 Å². The number of aryl methyl sites for hydroxylation is 1. The number of hydrogen-bond donors (Lipinski definition) is 1. The van der Waals surface area contributed by atoms with E-state index in [1.807, 2.05) is 13.8 Å². The van der Waals surface area contributed by atoms with Gasteiger partial charge in [0.2, 0.25) is 0 Å². The minimum atomic E-state index is -0.843. The van der Waals surface area contributed by atoms with Crippen molar-refractivity contribution >= 4 is 16.6 Å². The van der Waals surface area contributed by atoms with E-state index in [0.29, 0.717) is 30.2 Å². The van der Waals surface area contributed by atoms with E-state index in [1.165, 1.54) is 6.33 Å². The Morgan fingerprint density at radius 2 is 2.19 bits per heavy atom. The third kappa shape index (κ3) is 3.52. The quantitative estimate of drug-likeness (QED) is 0.822. The van der Waals surface area contributed by atoms with Crippen LogP contribution in [-0.2, 0) is 17.2 Å². The second kappa shape index (κ2) is 6.52. The van der Waals surface area contributed by atoms with Crippen LogP contribution in [0.2, 0.25) is 0 Å². The summed E-state index contributed by atoms with van der Waals surface area (Å²) in [6, 6.07) is 0. The molecule has 0 radical (unpaired) electrons. The second-order valence-electron chi connectivity index (χ2n) is 3.20. The second-order valence-corrected chi connectivity index (χ2v) is 5.06. The topological polar surface area (TPSA) is 54.9 Å². The molecule has 1 N–H and O–H groups in total. The lowest BCUT2D eigenvalue weighted by Crippen LogP contribution is -2.14. The number of halogens is 1. The minimum absolute atomic E-state index is 0.194. The Bertz CT molecular complexity index is 373. The summed E-state index contributed by atoms with van der Waals surface area (Å²) >= 11 is 0. The van der Waals surface area contributed by atoms with Crippen molar-refractivity contribution in [3.8, 4) is 0 Å². The smallest absolute Gasteiger partial charge is 0.186 e. The third-order valence-electron chi connectivity index (χ3n) is 2.14. The lowest BCUT2D eigenvalue weighted by Gasteiger charge is -2.07. The molecule has 0 bridgehead atoms. The zero-order chi connectivity index (χ0) is 12.0. The van der Waals surface area contributed by atoms with Gasteiger partial charge in [-0.25, -0.2) is 14.4 Å². The predicted octanol–water partition coefficient (Wildman–Crippen LogP) is 1.36. The maximum atomic E-state index is 13.6. The van der Waals surface area contributed by atoms with Gasteiger partial charge in [0.1, 0.15) is 6.33 Å². The van der Waals surface area contributed by atoms with Gasteiger partial charge in [0, 0.05) is 28.9 Å². The molecule has 16 heavy (non-hydrogen) atoms. The zero-order valence-electron chi connectivity index (χ0n) is 9.49. The van der Waals surface area contributed by atoms with Gasteiger partial charge in [0.25, 0.3) is 0 Å². The molecule has 0 aliphatic rings. The van der Waals surface area contributed by atoms with Crippen LogP contribution in [0.25, 0.3) is 0 Å². The van der Waals surface area contributed by atoms with Gasteiger partial charge in [0.05, 0.1) is 5.69 Å². The lowest BCUT2D eigenvalue weighted by molar-refractivity contribution is 0.597. The summed E-state index contributed by atoms with van der Waals surface area (Å²) in [6.07, 6.45) is 1.87. The van der Waals surface area contributed by atoms with Crippen molar-refractivity contribution in [1.82, 2.24) is 9.97 Å². The number of nitrogens with one attached hydrogen (secondary N) is 1. The van der Waals surface area contributed by atoms with E-state index in [4.69, 9.17) is 0 Å². The van der Waals surface area contributed by atoms with Gasteiger partial charge in [-0.2, -0.15) is 0 Å². The molecular formula is C10H16FN3OS. The first-order valence-electron chi connectivity index (χ1n) is 5.27. The molecule has 0 spiro atoms. The van der Waals surface area contributed by atoms with Crippen molar-refractivity contribution in [3.63, 3.8) is 0 Å². The minimum Gasteiger partial charge on any atom is -0.367 e. The number of aromatic nitrogens is 2. The van der Waals surface area contributed by atoms with Crippen molar-refractivity contribution in [2.75, 3.05) is 23.4 Å². The lowest BCUT2D eigenvalue weighted by atomic mass is 10.3. The van der Waals surface area contributed by atoms with Crippen LogP contribution in [0.5, 0.6) is 0 Å². The van der Waals surface area contributed by atoms with E-state index in [0.717, 1.165) is 0 Å². The van der Waals surface area contributed by atoms with Crippen LogP contribution in [0.15, 0.2) is 6.33 Å². The van der Waals surface area contributed by atoms with Gasteiger partial charge in [-0.3, -0.25) is 4.21 Å². The fourth-order valence-corrected chi connectivity index (χ4v) is 1.82. The molecular weight excluding hydrogens is 229 g/mol. The number of rotatable bonds is 6. The predicted molar refractivity (Wildman–Crippen MR) is 63.4 cm³/mol. The van der Waals surface area contributed by atoms with E-state index in [1.54, 1.807) is 0 Å². The molecule has 90 valence electrons. The molecule has 1 heterocycles. The largest absolute Gasteiger partial charge is 0.367 e. The molecule has 0 fully saturated rings. The molecule has 0 saturated carbocycles. The van der Waals surface area contributed by atoms with Gasteiger partial charge in [-0.05, 0) is 6.42 Å². The van der Waals surface area contributed by atoms with Gasteiger partial charge in [-0.15, -0.1) is 0 Å². The maximum absolute atomic E-state index is 13.6. The highest BCUT2D eigenvalue weighted by Gasteiger charge is 2.08. The van der Waals surface area contributed by atoms with Gasteiger partial charge in [-0.1, -0.05) is 13.8 Å². The van der Waals surface area contributed by atoms with Gasteiger partial charge in [0.15, 0.2) is 11.6 Å². The summed E-state index contributed by atoms with van der Waals surface area (Å²) < 4.78 is 24.8. The molecule has 1 rings (SSSR count). The first-order chi connectivity index (χ1) is 7.69. The van der Waals surface area contributed by atoms with E-state index in [-0.39, 0.29) is 5.82 Å². The summed E-state index contributed by atoms with van der Waals surface area (Å²) in [6.45, 7) is 4.15. The first-order valence-corrected chi connectivity index (χ1v) is 6.76. The van der Waals surface area contributed by atoms with E-state index >= 15 is 0 Å². The summed E-state index contributed by atoms with van der Waals surface area (Å²) in [4.78, 5) is 7.64. The molecule has 6 heteroatoms. The Morgan fingerprint density at radius 3 is 2.81 bits per heavy atom. The summed E-state index contributed by atoms with van der Waals surface area (Å²) in [7, 11) is -0.843. The Labute approximate surface area is 97.2 Å². The van der Waals surface area contributed by atoms with E-state index in [9.17, 15) is 8.60 Å². The monoisotopic (exact) mass is 245 g/mol. The first kappa shape index (κ1) is 13.0. The molecule has 0 saturated heterocycles. The van der Waals surface area contributed by atoms with Crippen LogP contribution in [0.4, 0.5) is 10.2 Å². The molecule has 0 amide bonds. The van der Waals surface area contributed by atoms with Crippen molar-refractivity contribution in [1.29, 1.82) is 0 Å². The number of nitrogens with zero attached hydrogens (tertiary/aromatic N) is 2. The molecule has 1 aromatic rings. The summed E-state index contributed by atoms with van der Waals surface area (Å²) in [5.41, 5.74) is 0.397. The highest BCUT2D eigenvalue weighted by Crippen LogP contribution is 2.12. The Hall–Kier alpha value is -1.04. The molecule has 0 aliphatic carbocycles. The molecule has 4 nitrogen and oxygen atoms in total. The standard InChI is InChI=1S/C10H16FN3OS/c1-3-8-9(11)10(14-7-13-8)12-5-6-16(15)4-2/h7H,3-6H2,1-2H3,(H,12,13,14). The molecule has 1 aromatic heterocycles. The van der Waals surface area contributed by atoms with Crippen LogP contribution < -0.4 is 5.32 Å². The van der Waals surface area contributed by atoms with Crippen molar-refractivity contribution in [2.45, 2.75) is 20.3 Å². The van der Waals surface area contributed by atoms with Crippen molar-refractivity contribution in [3.05, 3.63) is 17.8 Å². The van der Waals surface area contributed by atoms with Crippen LogP contribution in [-0.4, -0.2) is 32.2 Å². The highest BCUT2D eigenvalue weighted by molar-refractivity contribution is 7.84. The summed E-state index contributed by atoms with van der Waals surface area (Å²) in [5, 5.41) is 2.83. The fourth-order valence-electron chi connectivity index (χ4n) is 1.20. The zero-order valence-corrected chi connectivity index (χ0v) is 10.3. The Balaban J connectivity index is 2.57. The summed E-state index contributed by atoms with van der Waals surface area (Å²) in [5.74, 6) is 0.905. The molecule has 1 unspecified atom stereocenters. The van der Waals surface area contributed by atoms with E-state index < -0.39 is 16.6 Å². The number of anilines is 1. The fraction of sp³-hybridized carbons (Fsp3) is 0.600. The van der Waals surface area contributed by atoms with Gasteiger partial charge < -0.3 is 5.32 Å². The Morgan fingerprint density at radius 1 is 1.44 bits per heavy atom. The average Bonchev–Trinajstić information content (AvgIpc) is 2.31. The SMILES string of the molecule is CCc1ncnc(NCCS(=O)CC)c1F. The maximum Gasteiger partial charge on any atom is 0.186 e. The highest BCUT2D eigenvalue weighted by atomic mass is 32.2. The Kier molecular flexibility index (Phi) is 5.31.